The highest BCUT2D eigenvalue weighted by molar-refractivity contribution is 7.17. The van der Waals surface area contributed by atoms with Gasteiger partial charge in [0, 0.05) is 26.9 Å². The molecule has 0 bridgehead atoms. The fraction of sp³-hybridized carbons (Fsp3) is 0.200. The van der Waals surface area contributed by atoms with Crippen molar-refractivity contribution in [1.29, 1.82) is 0 Å². The molecule has 27 heavy (non-hydrogen) atoms. The number of imidazole rings is 1. The van der Waals surface area contributed by atoms with Crippen LogP contribution in [-0.2, 0) is 17.9 Å². The zero-order chi connectivity index (χ0) is 18.8. The van der Waals surface area contributed by atoms with Gasteiger partial charge in [0.1, 0.15) is 0 Å². The molecule has 0 radical (unpaired) electrons. The summed E-state index contributed by atoms with van der Waals surface area (Å²) in [4.78, 5) is 24.0. The van der Waals surface area contributed by atoms with Crippen LogP contribution >= 0.6 is 34.0 Å². The van der Waals surface area contributed by atoms with Crippen molar-refractivity contribution in [3.8, 4) is 0 Å². The van der Waals surface area contributed by atoms with Crippen LogP contribution in [0.2, 0.25) is 0 Å². The highest BCUT2D eigenvalue weighted by Crippen LogP contribution is 2.22. The Morgan fingerprint density at radius 1 is 1.15 bits per heavy atom. The van der Waals surface area contributed by atoms with Gasteiger partial charge in [-0.25, -0.2) is 4.98 Å². The maximum absolute atomic E-state index is 13.0. The number of aryl methyl sites for hydroxylation is 2. The Morgan fingerprint density at radius 2 is 1.81 bits per heavy atom. The minimum atomic E-state index is 0.0121. The normalized spacial score (nSPS) is 11.6. The molecule has 4 aromatic rings. The molecule has 1 amide bonds. The van der Waals surface area contributed by atoms with E-state index in [1.165, 1.54) is 14.6 Å². The van der Waals surface area contributed by atoms with Gasteiger partial charge in [-0.2, -0.15) is 0 Å². The van der Waals surface area contributed by atoms with Crippen LogP contribution in [0.1, 0.15) is 26.0 Å². The van der Waals surface area contributed by atoms with Crippen LogP contribution in [0.4, 0.5) is 0 Å². The van der Waals surface area contributed by atoms with E-state index in [9.17, 15) is 4.79 Å². The average molecular weight is 414 g/mol. The van der Waals surface area contributed by atoms with Crippen LogP contribution < -0.4 is 0 Å². The molecule has 4 aromatic heterocycles. The number of carbonyl (C=O) groups excluding carboxylic acids is 1. The molecule has 0 aromatic carbocycles. The third kappa shape index (κ3) is 4.05. The molecule has 4 nitrogen and oxygen atoms in total. The average Bonchev–Trinajstić information content (AvgIpc) is 3.40. The van der Waals surface area contributed by atoms with Crippen molar-refractivity contribution in [2.24, 2.45) is 0 Å². The second kappa shape index (κ2) is 7.80. The van der Waals surface area contributed by atoms with Crippen LogP contribution in [0, 0.1) is 13.8 Å². The number of carbonyl (C=O) groups is 1. The van der Waals surface area contributed by atoms with Gasteiger partial charge in [-0.15, -0.1) is 34.0 Å². The monoisotopic (exact) mass is 413 g/mol. The quantitative estimate of drug-likeness (QED) is 0.398. The van der Waals surface area contributed by atoms with Gasteiger partial charge in [0.15, 0.2) is 4.96 Å². The minimum Gasteiger partial charge on any atom is -0.329 e. The largest absolute Gasteiger partial charge is 0.329 e. The van der Waals surface area contributed by atoms with Crippen LogP contribution in [-0.4, -0.2) is 20.2 Å². The van der Waals surface area contributed by atoms with Gasteiger partial charge in [0.05, 0.1) is 24.5 Å². The zero-order valence-electron chi connectivity index (χ0n) is 15.1. The standard InChI is InChI=1S/C20H19N3OS3/c1-14-11-23-18(15(2)21-20(23)27-14)7-8-19(24)22(12-16-5-3-9-25-16)13-17-6-4-10-26-17/h3-11H,12-13H2,1-2H3. The second-order valence-electron chi connectivity index (χ2n) is 6.26. The van der Waals surface area contributed by atoms with Crippen molar-refractivity contribution >= 4 is 51.0 Å². The highest BCUT2D eigenvalue weighted by Gasteiger charge is 2.15. The first-order valence-corrected chi connectivity index (χ1v) is 11.1. The van der Waals surface area contributed by atoms with Crippen molar-refractivity contribution < 1.29 is 4.79 Å². The first-order valence-electron chi connectivity index (χ1n) is 8.57. The number of amides is 1. The summed E-state index contributed by atoms with van der Waals surface area (Å²) in [6.07, 6.45) is 5.63. The Hall–Kier alpha value is -2.22. The SMILES string of the molecule is Cc1cn2c(C=CC(=O)N(Cc3cccs3)Cc3cccs3)c(C)nc2s1. The van der Waals surface area contributed by atoms with E-state index in [1.54, 1.807) is 40.1 Å². The maximum Gasteiger partial charge on any atom is 0.247 e. The van der Waals surface area contributed by atoms with Gasteiger partial charge in [-0.05, 0) is 42.8 Å². The Morgan fingerprint density at radius 3 is 2.41 bits per heavy atom. The molecule has 0 aliphatic heterocycles. The Balaban J connectivity index is 1.58. The molecule has 7 heteroatoms. The summed E-state index contributed by atoms with van der Waals surface area (Å²) in [6.45, 7) is 5.29. The Labute approximate surface area is 170 Å². The first-order chi connectivity index (χ1) is 13.1. The molecule has 0 saturated heterocycles. The molecular formula is C20H19N3OS3. The summed E-state index contributed by atoms with van der Waals surface area (Å²) < 4.78 is 2.06. The number of thiophene rings is 2. The summed E-state index contributed by atoms with van der Waals surface area (Å²) in [5.41, 5.74) is 1.91. The van der Waals surface area contributed by atoms with E-state index in [0.29, 0.717) is 13.1 Å². The molecule has 0 atom stereocenters. The minimum absolute atomic E-state index is 0.0121. The van der Waals surface area contributed by atoms with Gasteiger partial charge >= 0.3 is 0 Å². The lowest BCUT2D eigenvalue weighted by atomic mass is 10.3. The van der Waals surface area contributed by atoms with Crippen molar-refractivity contribution in [1.82, 2.24) is 14.3 Å². The van der Waals surface area contributed by atoms with Gasteiger partial charge in [-0.1, -0.05) is 12.1 Å². The third-order valence-electron chi connectivity index (χ3n) is 4.21. The lowest BCUT2D eigenvalue weighted by Crippen LogP contribution is -2.27. The number of aromatic nitrogens is 2. The molecule has 4 rings (SSSR count). The van der Waals surface area contributed by atoms with Gasteiger partial charge < -0.3 is 4.90 Å². The molecule has 0 fully saturated rings. The van der Waals surface area contributed by atoms with Gasteiger partial charge in [-0.3, -0.25) is 9.20 Å². The first kappa shape index (κ1) is 18.2. The maximum atomic E-state index is 13.0. The summed E-state index contributed by atoms with van der Waals surface area (Å²) in [6, 6.07) is 8.19. The van der Waals surface area contributed by atoms with E-state index in [0.717, 1.165) is 16.3 Å². The third-order valence-corrected chi connectivity index (χ3v) is 6.83. The molecule has 138 valence electrons. The molecule has 0 unspecified atom stereocenters. The molecule has 0 spiro atoms. The van der Waals surface area contributed by atoms with Crippen molar-refractivity contribution in [2.45, 2.75) is 26.9 Å². The zero-order valence-corrected chi connectivity index (χ0v) is 17.5. The van der Waals surface area contributed by atoms with E-state index in [4.69, 9.17) is 0 Å². The fourth-order valence-electron chi connectivity index (χ4n) is 2.93. The predicted molar refractivity (Wildman–Crippen MR) is 114 cm³/mol. The number of rotatable bonds is 6. The van der Waals surface area contributed by atoms with Gasteiger partial charge in [0.25, 0.3) is 0 Å². The lowest BCUT2D eigenvalue weighted by molar-refractivity contribution is -0.127. The van der Waals surface area contributed by atoms with Crippen molar-refractivity contribution in [2.75, 3.05) is 0 Å². The van der Waals surface area contributed by atoms with E-state index in [-0.39, 0.29) is 5.91 Å². The summed E-state index contributed by atoms with van der Waals surface area (Å²) in [7, 11) is 0. The number of hydrogen-bond acceptors (Lipinski definition) is 5. The van der Waals surface area contributed by atoms with Crippen LogP contribution in [0.3, 0.4) is 0 Å². The second-order valence-corrected chi connectivity index (χ2v) is 9.54. The van der Waals surface area contributed by atoms with Crippen molar-refractivity contribution in [3.05, 3.63) is 73.3 Å². The van der Waals surface area contributed by atoms with E-state index in [2.05, 4.69) is 34.6 Å². The van der Waals surface area contributed by atoms with Crippen LogP contribution in [0.5, 0.6) is 0 Å². The fourth-order valence-corrected chi connectivity index (χ4v) is 5.25. The molecule has 0 saturated carbocycles. The molecule has 0 aliphatic rings. The van der Waals surface area contributed by atoms with E-state index >= 15 is 0 Å². The summed E-state index contributed by atoms with van der Waals surface area (Å²) in [5, 5.41) is 4.09. The Bertz CT molecular complexity index is 1040. The molecule has 0 N–H and O–H groups in total. The summed E-state index contributed by atoms with van der Waals surface area (Å²) in [5.74, 6) is 0.0121. The molecular weight excluding hydrogens is 394 g/mol. The lowest BCUT2D eigenvalue weighted by Gasteiger charge is -2.19. The molecule has 0 aliphatic carbocycles. The van der Waals surface area contributed by atoms with Gasteiger partial charge in [0.2, 0.25) is 5.91 Å². The van der Waals surface area contributed by atoms with Crippen LogP contribution in [0.25, 0.3) is 11.0 Å². The van der Waals surface area contributed by atoms with Crippen molar-refractivity contribution in [3.63, 3.8) is 0 Å². The number of nitrogens with zero attached hydrogens (tertiary/aromatic N) is 3. The van der Waals surface area contributed by atoms with E-state index in [1.807, 2.05) is 40.8 Å². The topological polar surface area (TPSA) is 37.6 Å². The Kier molecular flexibility index (Phi) is 5.24. The number of fused-ring (bicyclic) bond motifs is 1. The number of thiazole rings is 1. The predicted octanol–water partition coefficient (Wildman–Crippen LogP) is 5.38. The number of hydrogen-bond donors (Lipinski definition) is 0. The molecule has 4 heterocycles. The van der Waals surface area contributed by atoms with E-state index < -0.39 is 0 Å². The summed E-state index contributed by atoms with van der Waals surface area (Å²) >= 11 is 5.01. The van der Waals surface area contributed by atoms with Crippen LogP contribution in [0.15, 0.2) is 47.3 Å². The smallest absolute Gasteiger partial charge is 0.247 e. The highest BCUT2D eigenvalue weighted by atomic mass is 32.1.